The molecule has 0 N–H and O–H groups in total. The predicted molar refractivity (Wildman–Crippen MR) is 57.0 cm³/mol. The van der Waals surface area contributed by atoms with Crippen molar-refractivity contribution in [1.82, 2.24) is 9.78 Å². The fourth-order valence-corrected chi connectivity index (χ4v) is 2.91. The van der Waals surface area contributed by atoms with Gasteiger partial charge in [-0.05, 0) is 26.7 Å². The van der Waals surface area contributed by atoms with Crippen molar-refractivity contribution in [1.29, 1.82) is 0 Å². The predicted octanol–water partition coefficient (Wildman–Crippen LogP) is 3.31. The van der Waals surface area contributed by atoms with Gasteiger partial charge in [0.1, 0.15) is 5.67 Å². The molecular formula is C12H14F4N2. The maximum Gasteiger partial charge on any atom is 0.435 e. The van der Waals surface area contributed by atoms with Gasteiger partial charge in [0, 0.05) is 29.6 Å². The topological polar surface area (TPSA) is 17.8 Å². The van der Waals surface area contributed by atoms with Gasteiger partial charge < -0.3 is 0 Å². The Balaban J connectivity index is 2.13. The minimum absolute atomic E-state index is 0.0763. The zero-order valence-corrected chi connectivity index (χ0v) is 10.2. The number of fused-ring (bicyclic) bond motifs is 2. The average molecular weight is 262 g/mol. The third-order valence-electron chi connectivity index (χ3n) is 3.94. The first kappa shape index (κ1) is 12.0. The van der Waals surface area contributed by atoms with Crippen molar-refractivity contribution < 1.29 is 17.6 Å². The van der Waals surface area contributed by atoms with Crippen molar-refractivity contribution in [3.8, 4) is 0 Å². The van der Waals surface area contributed by atoms with Gasteiger partial charge >= 0.3 is 6.18 Å². The van der Waals surface area contributed by atoms with E-state index in [2.05, 4.69) is 5.10 Å². The molecular weight excluding hydrogens is 248 g/mol. The highest BCUT2D eigenvalue weighted by Crippen LogP contribution is 2.56. The van der Waals surface area contributed by atoms with Gasteiger partial charge in [0.25, 0.3) is 0 Å². The van der Waals surface area contributed by atoms with E-state index in [0.717, 1.165) is 0 Å². The smallest absolute Gasteiger partial charge is 0.266 e. The van der Waals surface area contributed by atoms with E-state index in [4.69, 9.17) is 0 Å². The summed E-state index contributed by atoms with van der Waals surface area (Å²) in [7, 11) is 0. The number of aromatic nitrogens is 2. The number of hydrogen-bond acceptors (Lipinski definition) is 1. The van der Waals surface area contributed by atoms with E-state index in [0.29, 0.717) is 18.5 Å². The third kappa shape index (κ3) is 1.57. The van der Waals surface area contributed by atoms with Crippen LogP contribution in [0.5, 0.6) is 0 Å². The van der Waals surface area contributed by atoms with E-state index < -0.39 is 17.5 Å². The zero-order chi connectivity index (χ0) is 13.3. The van der Waals surface area contributed by atoms with Gasteiger partial charge in [-0.15, -0.1) is 0 Å². The molecule has 2 atom stereocenters. The largest absolute Gasteiger partial charge is 0.435 e. The Hall–Kier alpha value is -1.07. The van der Waals surface area contributed by atoms with Crippen LogP contribution < -0.4 is 0 Å². The Labute approximate surface area is 102 Å². The molecule has 0 aliphatic heterocycles. The molecule has 2 aliphatic rings. The minimum atomic E-state index is -4.50. The first-order valence-corrected chi connectivity index (χ1v) is 6.09. The van der Waals surface area contributed by atoms with Crippen molar-refractivity contribution in [2.45, 2.75) is 51.0 Å². The Morgan fingerprint density at radius 3 is 2.61 bits per heavy atom. The molecule has 0 saturated heterocycles. The lowest BCUT2D eigenvalue weighted by Crippen LogP contribution is -2.21. The van der Waals surface area contributed by atoms with E-state index in [-0.39, 0.29) is 23.9 Å². The van der Waals surface area contributed by atoms with Gasteiger partial charge in [0.15, 0.2) is 5.69 Å². The molecule has 6 heteroatoms. The van der Waals surface area contributed by atoms with Gasteiger partial charge in [-0.3, -0.25) is 4.68 Å². The van der Waals surface area contributed by atoms with E-state index >= 15 is 0 Å². The van der Waals surface area contributed by atoms with Gasteiger partial charge in [0.2, 0.25) is 0 Å². The highest BCUT2D eigenvalue weighted by atomic mass is 19.4. The number of nitrogens with zero attached hydrogens (tertiary/aromatic N) is 2. The second kappa shape index (κ2) is 3.27. The SMILES string of the molecule is CC(C)n1nc(C(F)(F)F)c2c1CC1CC1(F)C2. The summed E-state index contributed by atoms with van der Waals surface area (Å²) >= 11 is 0. The molecule has 0 radical (unpaired) electrons. The molecule has 1 aromatic rings. The van der Waals surface area contributed by atoms with Crippen molar-refractivity contribution in [3.05, 3.63) is 17.0 Å². The summed E-state index contributed by atoms with van der Waals surface area (Å²) in [5.74, 6) is -0.111. The van der Waals surface area contributed by atoms with Crippen LogP contribution in [0.4, 0.5) is 17.6 Å². The van der Waals surface area contributed by atoms with Gasteiger partial charge in [-0.1, -0.05) is 0 Å². The van der Waals surface area contributed by atoms with Crippen LogP contribution >= 0.6 is 0 Å². The van der Waals surface area contributed by atoms with Crippen LogP contribution in [0.15, 0.2) is 0 Å². The van der Waals surface area contributed by atoms with Crippen LogP contribution in [-0.2, 0) is 19.0 Å². The number of rotatable bonds is 1. The lowest BCUT2D eigenvalue weighted by atomic mass is 9.94. The number of alkyl halides is 4. The Morgan fingerprint density at radius 1 is 1.39 bits per heavy atom. The van der Waals surface area contributed by atoms with Gasteiger partial charge in [-0.2, -0.15) is 18.3 Å². The lowest BCUT2D eigenvalue weighted by molar-refractivity contribution is -0.142. The average Bonchev–Trinajstić information content (AvgIpc) is 2.70. The molecule has 100 valence electrons. The molecule has 1 fully saturated rings. The fraction of sp³-hybridized carbons (Fsp3) is 0.750. The molecule has 1 saturated carbocycles. The fourth-order valence-electron chi connectivity index (χ4n) is 2.91. The summed E-state index contributed by atoms with van der Waals surface area (Å²) in [4.78, 5) is 0. The van der Waals surface area contributed by atoms with Gasteiger partial charge in [0.05, 0.1) is 0 Å². The van der Waals surface area contributed by atoms with E-state index in [1.807, 2.05) is 0 Å². The molecule has 1 aromatic heterocycles. The molecule has 0 spiro atoms. The molecule has 0 amide bonds. The van der Waals surface area contributed by atoms with Crippen LogP contribution in [0.25, 0.3) is 0 Å². The molecule has 2 unspecified atom stereocenters. The molecule has 18 heavy (non-hydrogen) atoms. The Morgan fingerprint density at radius 2 is 2.06 bits per heavy atom. The maximum absolute atomic E-state index is 14.0. The summed E-state index contributed by atoms with van der Waals surface area (Å²) in [6.07, 6.45) is -3.86. The maximum atomic E-state index is 14.0. The second-order valence-corrected chi connectivity index (χ2v) is 5.63. The quantitative estimate of drug-likeness (QED) is 0.710. The first-order valence-electron chi connectivity index (χ1n) is 6.09. The van der Waals surface area contributed by atoms with Crippen LogP contribution in [0, 0.1) is 5.92 Å². The highest BCUT2D eigenvalue weighted by Gasteiger charge is 2.60. The van der Waals surface area contributed by atoms with Gasteiger partial charge in [-0.25, -0.2) is 4.39 Å². The molecule has 3 rings (SSSR count). The van der Waals surface area contributed by atoms with Crippen LogP contribution in [-0.4, -0.2) is 15.4 Å². The normalized spacial score (nSPS) is 30.3. The summed E-state index contributed by atoms with van der Waals surface area (Å²) in [6, 6.07) is -0.138. The molecule has 1 heterocycles. The zero-order valence-electron chi connectivity index (χ0n) is 10.2. The van der Waals surface area contributed by atoms with Crippen LogP contribution in [0.3, 0.4) is 0 Å². The Bertz CT molecular complexity index is 503. The Kier molecular flexibility index (Phi) is 2.18. The summed E-state index contributed by atoms with van der Waals surface area (Å²) in [6.45, 7) is 3.58. The van der Waals surface area contributed by atoms with E-state index in [9.17, 15) is 17.6 Å². The summed E-state index contributed by atoms with van der Waals surface area (Å²) in [5.41, 5.74) is -1.65. The first-order chi connectivity index (χ1) is 8.22. The number of hydrogen-bond donors (Lipinski definition) is 0. The summed E-state index contributed by atoms with van der Waals surface area (Å²) < 4.78 is 54.2. The van der Waals surface area contributed by atoms with Crippen molar-refractivity contribution in [2.75, 3.05) is 0 Å². The summed E-state index contributed by atoms with van der Waals surface area (Å²) in [5, 5.41) is 3.67. The highest BCUT2D eigenvalue weighted by molar-refractivity contribution is 5.37. The van der Waals surface area contributed by atoms with Crippen LogP contribution in [0.2, 0.25) is 0 Å². The second-order valence-electron chi connectivity index (χ2n) is 5.63. The van der Waals surface area contributed by atoms with E-state index in [1.54, 1.807) is 13.8 Å². The molecule has 2 aliphatic carbocycles. The third-order valence-corrected chi connectivity index (χ3v) is 3.94. The standard InChI is InChI=1S/C12H14F4N2/c1-6(2)18-9-3-7-4-11(7,13)5-8(9)10(17-18)12(14,15)16/h6-7H,3-5H2,1-2H3. The lowest BCUT2D eigenvalue weighted by Gasteiger charge is -2.18. The van der Waals surface area contributed by atoms with E-state index in [1.165, 1.54) is 4.68 Å². The van der Waals surface area contributed by atoms with Crippen molar-refractivity contribution >= 4 is 0 Å². The molecule has 0 bridgehead atoms. The van der Waals surface area contributed by atoms with Crippen molar-refractivity contribution in [2.24, 2.45) is 5.92 Å². The number of halogens is 4. The molecule has 2 nitrogen and oxygen atoms in total. The van der Waals surface area contributed by atoms with Crippen LogP contribution in [0.1, 0.15) is 43.3 Å². The van der Waals surface area contributed by atoms with Crippen molar-refractivity contribution in [3.63, 3.8) is 0 Å². The minimum Gasteiger partial charge on any atom is -0.266 e. The molecule has 0 aromatic carbocycles. The monoisotopic (exact) mass is 262 g/mol.